The number of hydrogen-bond donors (Lipinski definition) is 2. The molecule has 0 unspecified atom stereocenters. The van der Waals surface area contributed by atoms with Crippen molar-refractivity contribution in [2.45, 2.75) is 12.5 Å². The fourth-order valence-electron chi connectivity index (χ4n) is 1.96. The lowest BCUT2D eigenvalue weighted by Crippen LogP contribution is -2.94. The summed E-state index contributed by atoms with van der Waals surface area (Å²) in [5.74, 6) is -0.759. The predicted molar refractivity (Wildman–Crippen MR) is 80.3 cm³/mol. The molecule has 1 amide bonds. The Morgan fingerprint density at radius 1 is 1.26 bits per heavy atom. The molecule has 1 atom stereocenters. The Kier molecular flexibility index (Phi) is 7.86. The number of rotatable bonds is 10. The van der Waals surface area contributed by atoms with Crippen molar-refractivity contribution in [3.8, 4) is 11.5 Å². The third-order valence-electron chi connectivity index (χ3n) is 3.16. The topological polar surface area (TPSA) is 114 Å². The van der Waals surface area contributed by atoms with Crippen molar-refractivity contribution >= 4 is 17.6 Å². The van der Waals surface area contributed by atoms with E-state index < -0.39 is 17.9 Å². The van der Waals surface area contributed by atoms with Crippen LogP contribution in [-0.4, -0.2) is 52.4 Å². The minimum atomic E-state index is -1.30. The fraction of sp³-hybridized carbons (Fsp3) is 0.467. The second kappa shape index (κ2) is 9.65. The Bertz CT molecular complexity index is 535. The summed E-state index contributed by atoms with van der Waals surface area (Å²) in [5.41, 5.74) is 0.408. The third-order valence-corrected chi connectivity index (χ3v) is 3.16. The van der Waals surface area contributed by atoms with E-state index in [1.807, 2.05) is 0 Å². The second-order valence-corrected chi connectivity index (χ2v) is 4.76. The monoisotopic (exact) mass is 326 g/mol. The Morgan fingerprint density at radius 3 is 2.57 bits per heavy atom. The number of carbonyl (C=O) groups excluding carboxylic acids is 2. The Hall–Kier alpha value is -2.32. The molecule has 0 aliphatic rings. The fourth-order valence-corrected chi connectivity index (χ4v) is 1.96. The highest BCUT2D eigenvalue weighted by atomic mass is 16.5. The molecule has 0 radical (unpaired) electrons. The van der Waals surface area contributed by atoms with Crippen molar-refractivity contribution in [2.24, 2.45) is 0 Å². The number of nitrogens with two attached hydrogens (primary N) is 1. The Labute approximate surface area is 134 Å². The summed E-state index contributed by atoms with van der Waals surface area (Å²) in [6.07, 6.45) is -0.230. The van der Waals surface area contributed by atoms with Crippen LogP contribution in [0, 0.1) is 0 Å². The number of hydrogen-bond acceptors (Lipinski definition) is 6. The molecule has 23 heavy (non-hydrogen) atoms. The number of anilines is 1. The standard InChI is InChI=1S/C15H22N2O6/c1-21-7-6-16-12(15(19)20)9-14(18)17-11-8-10(22-2)4-5-13(11)23-3/h4-5,8,12,16H,6-7,9H2,1-3H3,(H,17,18)(H,19,20)/t12-/m0/s1. The zero-order valence-electron chi connectivity index (χ0n) is 13.5. The van der Waals surface area contributed by atoms with Crippen LogP contribution < -0.4 is 25.2 Å². The van der Waals surface area contributed by atoms with E-state index >= 15 is 0 Å². The van der Waals surface area contributed by atoms with Crippen LogP contribution in [0.5, 0.6) is 11.5 Å². The number of ether oxygens (including phenoxy) is 3. The van der Waals surface area contributed by atoms with Crippen LogP contribution in [0.4, 0.5) is 5.69 Å². The van der Waals surface area contributed by atoms with Gasteiger partial charge in [0, 0.05) is 13.2 Å². The maximum atomic E-state index is 12.1. The number of quaternary nitrogens is 1. The lowest BCUT2D eigenvalue weighted by molar-refractivity contribution is -0.683. The number of aliphatic carboxylic acids is 1. The molecule has 0 saturated carbocycles. The van der Waals surface area contributed by atoms with Gasteiger partial charge in [0.15, 0.2) is 0 Å². The Morgan fingerprint density at radius 2 is 2.00 bits per heavy atom. The lowest BCUT2D eigenvalue weighted by atomic mass is 10.2. The van der Waals surface area contributed by atoms with Gasteiger partial charge < -0.3 is 34.7 Å². The van der Waals surface area contributed by atoms with E-state index in [2.05, 4.69) is 5.32 Å². The molecule has 0 aromatic heterocycles. The number of benzene rings is 1. The van der Waals surface area contributed by atoms with Gasteiger partial charge in [-0.1, -0.05) is 0 Å². The van der Waals surface area contributed by atoms with E-state index in [1.165, 1.54) is 26.6 Å². The Balaban J connectivity index is 2.72. The zero-order chi connectivity index (χ0) is 17.2. The van der Waals surface area contributed by atoms with Gasteiger partial charge in [-0.15, -0.1) is 0 Å². The molecule has 0 heterocycles. The van der Waals surface area contributed by atoms with Crippen LogP contribution in [0.3, 0.4) is 0 Å². The van der Waals surface area contributed by atoms with E-state index in [4.69, 9.17) is 14.2 Å². The van der Waals surface area contributed by atoms with Crippen LogP contribution >= 0.6 is 0 Å². The normalized spacial score (nSPS) is 11.6. The van der Waals surface area contributed by atoms with Gasteiger partial charge in [-0.2, -0.15) is 0 Å². The smallest absolute Gasteiger partial charge is 0.230 e. The molecule has 1 aromatic rings. The second-order valence-electron chi connectivity index (χ2n) is 4.76. The van der Waals surface area contributed by atoms with Crippen LogP contribution in [0.2, 0.25) is 0 Å². The molecule has 1 aromatic carbocycles. The van der Waals surface area contributed by atoms with Gasteiger partial charge in [-0.3, -0.25) is 4.79 Å². The maximum absolute atomic E-state index is 12.1. The summed E-state index contributed by atoms with van der Waals surface area (Å²) < 4.78 is 15.1. The average Bonchev–Trinajstić information content (AvgIpc) is 2.53. The van der Waals surface area contributed by atoms with Gasteiger partial charge in [0.05, 0.1) is 45.4 Å². The number of carbonyl (C=O) groups is 2. The molecular formula is C15H22N2O6. The number of carboxylic acids is 1. The van der Waals surface area contributed by atoms with E-state index in [1.54, 1.807) is 18.2 Å². The van der Waals surface area contributed by atoms with Crippen molar-refractivity contribution in [2.75, 3.05) is 39.8 Å². The summed E-state index contributed by atoms with van der Waals surface area (Å²) in [6, 6.07) is 3.95. The van der Waals surface area contributed by atoms with Gasteiger partial charge in [-0.25, -0.2) is 0 Å². The van der Waals surface area contributed by atoms with E-state index in [0.29, 0.717) is 30.3 Å². The number of carboxylic acid groups (broad SMARTS) is 1. The average molecular weight is 326 g/mol. The third kappa shape index (κ3) is 6.13. The van der Waals surface area contributed by atoms with Gasteiger partial charge in [0.25, 0.3) is 0 Å². The molecular weight excluding hydrogens is 304 g/mol. The van der Waals surface area contributed by atoms with Crippen LogP contribution in [-0.2, 0) is 14.3 Å². The number of nitrogens with one attached hydrogen (secondary N) is 1. The number of methoxy groups -OCH3 is 3. The first-order valence-corrected chi connectivity index (χ1v) is 7.06. The molecule has 8 heteroatoms. The molecule has 0 saturated heterocycles. The molecule has 3 N–H and O–H groups in total. The van der Waals surface area contributed by atoms with Crippen molar-refractivity contribution in [3.63, 3.8) is 0 Å². The summed E-state index contributed by atoms with van der Waals surface area (Å²) in [4.78, 5) is 23.2. The predicted octanol–water partition coefficient (Wildman–Crippen LogP) is -1.64. The molecule has 8 nitrogen and oxygen atoms in total. The van der Waals surface area contributed by atoms with Gasteiger partial charge in [-0.05, 0) is 12.1 Å². The summed E-state index contributed by atoms with van der Waals surface area (Å²) in [7, 11) is 4.49. The van der Waals surface area contributed by atoms with Crippen LogP contribution in [0.25, 0.3) is 0 Å². The van der Waals surface area contributed by atoms with Crippen molar-refractivity contribution in [1.82, 2.24) is 0 Å². The lowest BCUT2D eigenvalue weighted by Gasteiger charge is -2.17. The van der Waals surface area contributed by atoms with Crippen molar-refractivity contribution < 1.29 is 34.2 Å². The highest BCUT2D eigenvalue weighted by Gasteiger charge is 2.19. The van der Waals surface area contributed by atoms with Crippen LogP contribution in [0.1, 0.15) is 6.42 Å². The first kappa shape index (κ1) is 18.7. The van der Waals surface area contributed by atoms with Gasteiger partial charge >= 0.3 is 0 Å². The number of amides is 1. The first-order valence-electron chi connectivity index (χ1n) is 7.06. The zero-order valence-corrected chi connectivity index (χ0v) is 13.5. The largest absolute Gasteiger partial charge is 0.544 e. The highest BCUT2D eigenvalue weighted by Crippen LogP contribution is 2.28. The molecule has 0 fully saturated rings. The molecule has 0 aliphatic carbocycles. The van der Waals surface area contributed by atoms with E-state index in [-0.39, 0.29) is 6.42 Å². The van der Waals surface area contributed by atoms with E-state index in [0.717, 1.165) is 0 Å². The minimum Gasteiger partial charge on any atom is -0.544 e. The first-order chi connectivity index (χ1) is 11.0. The minimum absolute atomic E-state index is 0.230. The molecule has 1 rings (SSSR count). The summed E-state index contributed by atoms with van der Waals surface area (Å²) in [6.45, 7) is 0.806. The van der Waals surface area contributed by atoms with Crippen molar-refractivity contribution in [3.05, 3.63) is 18.2 Å². The molecule has 0 aliphatic heterocycles. The highest BCUT2D eigenvalue weighted by molar-refractivity contribution is 5.94. The summed E-state index contributed by atoms with van der Waals surface area (Å²) in [5, 5.41) is 15.2. The molecule has 0 spiro atoms. The molecule has 0 bridgehead atoms. The van der Waals surface area contributed by atoms with Crippen molar-refractivity contribution in [1.29, 1.82) is 0 Å². The van der Waals surface area contributed by atoms with E-state index in [9.17, 15) is 14.7 Å². The molecule has 128 valence electrons. The summed E-state index contributed by atoms with van der Waals surface area (Å²) >= 11 is 0. The quantitative estimate of drug-likeness (QED) is 0.499. The SMILES string of the molecule is COCC[NH2+][C@@H](CC(=O)Nc1cc(OC)ccc1OC)C(=O)[O-]. The van der Waals surface area contributed by atoms with Crippen LogP contribution in [0.15, 0.2) is 18.2 Å². The van der Waals surface area contributed by atoms with Gasteiger partial charge in [0.2, 0.25) is 5.91 Å². The van der Waals surface area contributed by atoms with Gasteiger partial charge in [0.1, 0.15) is 17.5 Å². The maximum Gasteiger partial charge on any atom is 0.230 e.